The van der Waals surface area contributed by atoms with Crippen molar-refractivity contribution in [3.05, 3.63) is 72.0 Å². The molecule has 3 rings (SSSR count). The van der Waals surface area contributed by atoms with Gasteiger partial charge in [-0.1, -0.05) is 29.4 Å². The monoisotopic (exact) mass is 360 g/mol. The predicted octanol–water partition coefficient (Wildman–Crippen LogP) is 4.04. The van der Waals surface area contributed by atoms with E-state index in [0.29, 0.717) is 28.1 Å². The summed E-state index contributed by atoms with van der Waals surface area (Å²) in [6, 6.07) is 18.1. The van der Waals surface area contributed by atoms with Crippen LogP contribution in [-0.4, -0.2) is 25.3 Å². The quantitative estimate of drug-likeness (QED) is 0.388. The summed E-state index contributed by atoms with van der Waals surface area (Å²) in [6.07, 6.45) is 1.34. The van der Waals surface area contributed by atoms with Crippen molar-refractivity contribution < 1.29 is 18.8 Å². The Morgan fingerprint density at radius 2 is 1.89 bits per heavy atom. The van der Waals surface area contributed by atoms with Crippen LogP contribution in [0.4, 0.5) is 0 Å². The maximum atomic E-state index is 12.1. The van der Waals surface area contributed by atoms with Crippen molar-refractivity contribution in [2.24, 2.45) is 0 Å². The first-order chi connectivity index (χ1) is 13.2. The number of esters is 1. The Morgan fingerprint density at radius 1 is 1.15 bits per heavy atom. The van der Waals surface area contributed by atoms with E-state index < -0.39 is 5.97 Å². The Bertz CT molecular complexity index is 1030. The molecule has 6 heteroatoms. The predicted molar refractivity (Wildman–Crippen MR) is 99.1 cm³/mol. The van der Waals surface area contributed by atoms with Crippen LogP contribution in [0.1, 0.15) is 11.1 Å². The Morgan fingerprint density at radius 3 is 2.56 bits per heavy atom. The van der Waals surface area contributed by atoms with E-state index in [1.807, 2.05) is 18.2 Å². The lowest BCUT2D eigenvalue weighted by Gasteiger charge is -2.09. The van der Waals surface area contributed by atoms with Crippen LogP contribution < -0.4 is 0 Å². The van der Waals surface area contributed by atoms with Gasteiger partial charge in [0.05, 0.1) is 32.1 Å². The fraction of sp³-hybridized carbons (Fsp3) is 0.0952. The Hall–Kier alpha value is -3.85. The van der Waals surface area contributed by atoms with E-state index >= 15 is 0 Å². The molecule has 0 N–H and O–H groups in total. The van der Waals surface area contributed by atoms with Gasteiger partial charge in [0.2, 0.25) is 0 Å². The molecule has 0 aliphatic heterocycles. The highest BCUT2D eigenvalue weighted by Crippen LogP contribution is 2.32. The maximum Gasteiger partial charge on any atom is 0.341 e. The molecule has 0 bridgehead atoms. The Labute approximate surface area is 156 Å². The van der Waals surface area contributed by atoms with Gasteiger partial charge in [0.15, 0.2) is 5.76 Å². The normalized spacial score (nSPS) is 10.9. The SMILES string of the molecule is CO/C=C(/C(=O)OC)c1ccccc1-c1cc(-c2ccc(C#N)cc2)on1. The minimum atomic E-state index is -0.514. The third-order valence-corrected chi connectivity index (χ3v) is 3.94. The molecule has 0 saturated carbocycles. The van der Waals surface area contributed by atoms with Gasteiger partial charge in [0.1, 0.15) is 11.3 Å². The number of methoxy groups -OCH3 is 2. The number of rotatable bonds is 5. The zero-order chi connectivity index (χ0) is 19.2. The molecule has 27 heavy (non-hydrogen) atoms. The van der Waals surface area contributed by atoms with Gasteiger partial charge in [0, 0.05) is 22.8 Å². The number of hydrogen-bond acceptors (Lipinski definition) is 6. The van der Waals surface area contributed by atoms with Gasteiger partial charge in [-0.25, -0.2) is 4.79 Å². The number of nitriles is 1. The first-order valence-electron chi connectivity index (χ1n) is 8.06. The standard InChI is InChI=1S/C21H16N2O4/c1-25-13-18(21(24)26-2)16-5-3-4-6-17(16)19-11-20(27-23-19)15-9-7-14(12-22)8-10-15/h3-11,13H,1-2H3/b18-13+. The van der Waals surface area contributed by atoms with Crippen molar-refractivity contribution in [1.82, 2.24) is 5.16 Å². The molecule has 0 fully saturated rings. The fourth-order valence-corrected chi connectivity index (χ4v) is 2.64. The van der Waals surface area contributed by atoms with E-state index in [4.69, 9.17) is 19.3 Å². The molecule has 1 aromatic heterocycles. The highest BCUT2D eigenvalue weighted by atomic mass is 16.5. The molecule has 1 heterocycles. The van der Waals surface area contributed by atoms with Crippen LogP contribution in [0.3, 0.4) is 0 Å². The van der Waals surface area contributed by atoms with Crippen molar-refractivity contribution >= 4 is 11.5 Å². The van der Waals surface area contributed by atoms with Gasteiger partial charge < -0.3 is 14.0 Å². The molecule has 0 spiro atoms. The summed E-state index contributed by atoms with van der Waals surface area (Å²) in [6.45, 7) is 0. The summed E-state index contributed by atoms with van der Waals surface area (Å²) in [5.74, 6) is 0.0414. The highest BCUT2D eigenvalue weighted by molar-refractivity contribution is 6.17. The molecule has 0 unspecified atom stereocenters. The molecule has 0 aliphatic carbocycles. The van der Waals surface area contributed by atoms with Crippen LogP contribution in [0.15, 0.2) is 65.4 Å². The average molecular weight is 360 g/mol. The molecule has 0 aliphatic rings. The molecule has 0 radical (unpaired) electrons. The van der Waals surface area contributed by atoms with Gasteiger partial charge in [-0.05, 0) is 24.3 Å². The minimum absolute atomic E-state index is 0.276. The van der Waals surface area contributed by atoms with Gasteiger partial charge in [-0.3, -0.25) is 0 Å². The second kappa shape index (κ2) is 8.02. The molecular weight excluding hydrogens is 344 g/mol. The second-order valence-corrected chi connectivity index (χ2v) is 5.57. The largest absolute Gasteiger partial charge is 0.503 e. The van der Waals surface area contributed by atoms with Crippen LogP contribution in [0.2, 0.25) is 0 Å². The number of ether oxygens (including phenoxy) is 2. The lowest BCUT2D eigenvalue weighted by molar-refractivity contribution is -0.133. The number of benzene rings is 2. The van der Waals surface area contributed by atoms with E-state index in [0.717, 1.165) is 5.56 Å². The van der Waals surface area contributed by atoms with E-state index in [2.05, 4.69) is 11.2 Å². The third kappa shape index (κ3) is 3.72. The van der Waals surface area contributed by atoms with Crippen molar-refractivity contribution in [2.45, 2.75) is 0 Å². The van der Waals surface area contributed by atoms with Gasteiger partial charge in [-0.15, -0.1) is 0 Å². The highest BCUT2D eigenvalue weighted by Gasteiger charge is 2.19. The first kappa shape index (κ1) is 18.0. The summed E-state index contributed by atoms with van der Waals surface area (Å²) in [5.41, 5.74) is 3.53. The summed E-state index contributed by atoms with van der Waals surface area (Å²) in [5, 5.41) is 13.0. The third-order valence-electron chi connectivity index (χ3n) is 3.94. The van der Waals surface area contributed by atoms with Crippen molar-refractivity contribution in [2.75, 3.05) is 14.2 Å². The molecule has 134 valence electrons. The molecule has 3 aromatic rings. The number of carbonyl (C=O) groups is 1. The molecule has 0 atom stereocenters. The Balaban J connectivity index is 2.03. The second-order valence-electron chi connectivity index (χ2n) is 5.57. The fourth-order valence-electron chi connectivity index (χ4n) is 2.64. The topological polar surface area (TPSA) is 85.4 Å². The van der Waals surface area contributed by atoms with E-state index in [9.17, 15) is 4.79 Å². The van der Waals surface area contributed by atoms with Crippen LogP contribution in [0.25, 0.3) is 28.2 Å². The average Bonchev–Trinajstić information content (AvgIpc) is 3.21. The lowest BCUT2D eigenvalue weighted by atomic mass is 9.98. The molecule has 0 saturated heterocycles. The summed E-state index contributed by atoms with van der Waals surface area (Å²) in [7, 11) is 2.78. The molecular formula is C21H16N2O4. The van der Waals surface area contributed by atoms with Crippen molar-refractivity contribution in [1.29, 1.82) is 5.26 Å². The number of carbonyl (C=O) groups excluding carboxylic acids is 1. The number of aromatic nitrogens is 1. The molecule has 6 nitrogen and oxygen atoms in total. The number of hydrogen-bond donors (Lipinski definition) is 0. The molecule has 2 aromatic carbocycles. The molecule has 0 amide bonds. The van der Waals surface area contributed by atoms with Crippen LogP contribution >= 0.6 is 0 Å². The van der Waals surface area contributed by atoms with Crippen LogP contribution in [-0.2, 0) is 14.3 Å². The summed E-state index contributed by atoms with van der Waals surface area (Å²) < 4.78 is 15.3. The van der Waals surface area contributed by atoms with Crippen LogP contribution in [0.5, 0.6) is 0 Å². The van der Waals surface area contributed by atoms with Crippen LogP contribution in [0, 0.1) is 11.3 Å². The smallest absolute Gasteiger partial charge is 0.341 e. The van der Waals surface area contributed by atoms with Crippen molar-refractivity contribution in [3.63, 3.8) is 0 Å². The zero-order valence-electron chi connectivity index (χ0n) is 14.8. The summed E-state index contributed by atoms with van der Waals surface area (Å²) in [4.78, 5) is 12.1. The lowest BCUT2D eigenvalue weighted by Crippen LogP contribution is -2.05. The zero-order valence-corrected chi connectivity index (χ0v) is 14.8. The van der Waals surface area contributed by atoms with Gasteiger partial charge in [0.25, 0.3) is 0 Å². The van der Waals surface area contributed by atoms with E-state index in [-0.39, 0.29) is 5.57 Å². The van der Waals surface area contributed by atoms with Crippen molar-refractivity contribution in [3.8, 4) is 28.7 Å². The van der Waals surface area contributed by atoms with E-state index in [1.54, 1.807) is 36.4 Å². The first-order valence-corrected chi connectivity index (χ1v) is 8.06. The van der Waals surface area contributed by atoms with Gasteiger partial charge >= 0.3 is 5.97 Å². The minimum Gasteiger partial charge on any atom is -0.503 e. The Kier molecular flexibility index (Phi) is 5.33. The van der Waals surface area contributed by atoms with Gasteiger partial charge in [-0.2, -0.15) is 5.26 Å². The summed E-state index contributed by atoms with van der Waals surface area (Å²) >= 11 is 0. The maximum absolute atomic E-state index is 12.1. The van der Waals surface area contributed by atoms with E-state index in [1.165, 1.54) is 20.5 Å². The number of nitrogens with zero attached hydrogens (tertiary/aromatic N) is 2.